The quantitative estimate of drug-likeness (QED) is 0.464. The van der Waals surface area contributed by atoms with E-state index in [0.29, 0.717) is 13.0 Å². The molecule has 1 aliphatic heterocycles. The Hall–Kier alpha value is -2.62. The number of benzene rings is 2. The van der Waals surface area contributed by atoms with Crippen LogP contribution in [0.25, 0.3) is 11.0 Å². The van der Waals surface area contributed by atoms with Gasteiger partial charge in [-0.25, -0.2) is 4.98 Å². The van der Waals surface area contributed by atoms with E-state index in [1.165, 1.54) is 30.3 Å². The number of hydrogen-bond acceptors (Lipinski definition) is 2. The van der Waals surface area contributed by atoms with E-state index in [9.17, 15) is 4.79 Å². The van der Waals surface area contributed by atoms with Crippen LogP contribution in [0.5, 0.6) is 0 Å². The molecule has 0 radical (unpaired) electrons. The zero-order valence-electron chi connectivity index (χ0n) is 17.6. The Morgan fingerprint density at radius 3 is 2.62 bits per heavy atom. The molecule has 4 rings (SSSR count). The van der Waals surface area contributed by atoms with Crippen LogP contribution >= 0.6 is 0 Å². The van der Waals surface area contributed by atoms with Gasteiger partial charge in [-0.15, -0.1) is 0 Å². The summed E-state index contributed by atoms with van der Waals surface area (Å²) in [6.07, 6.45) is 6.37. The predicted octanol–water partition coefficient (Wildman–Crippen LogP) is 5.70. The maximum atomic E-state index is 12.9. The Balaban J connectivity index is 1.63. The number of hydrogen-bond donors (Lipinski definition) is 0. The Kier molecular flexibility index (Phi) is 5.98. The number of rotatable bonds is 8. The Labute approximate surface area is 173 Å². The summed E-state index contributed by atoms with van der Waals surface area (Å²) in [4.78, 5) is 19.9. The van der Waals surface area contributed by atoms with Crippen molar-refractivity contribution in [3.05, 3.63) is 59.9 Å². The normalized spacial score (nSPS) is 16.8. The van der Waals surface area contributed by atoms with E-state index in [4.69, 9.17) is 4.98 Å². The molecule has 4 nitrogen and oxygen atoms in total. The molecule has 1 aromatic heterocycles. The summed E-state index contributed by atoms with van der Waals surface area (Å²) in [7, 11) is 0. The van der Waals surface area contributed by atoms with Gasteiger partial charge in [-0.1, -0.05) is 63.4 Å². The van der Waals surface area contributed by atoms with Gasteiger partial charge in [-0.05, 0) is 36.6 Å². The highest BCUT2D eigenvalue weighted by atomic mass is 16.2. The van der Waals surface area contributed by atoms with Gasteiger partial charge in [0, 0.05) is 31.1 Å². The third kappa shape index (κ3) is 3.93. The number of imidazole rings is 1. The molecular formula is C25H31N3O. The minimum atomic E-state index is 0.144. The highest BCUT2D eigenvalue weighted by molar-refractivity contribution is 5.97. The molecule has 1 unspecified atom stereocenters. The van der Waals surface area contributed by atoms with Crippen LogP contribution in [-0.4, -0.2) is 22.0 Å². The molecule has 29 heavy (non-hydrogen) atoms. The lowest BCUT2D eigenvalue weighted by Gasteiger charge is -2.20. The first-order chi connectivity index (χ1) is 14.2. The first kappa shape index (κ1) is 19.7. The lowest BCUT2D eigenvalue weighted by Crippen LogP contribution is -2.25. The maximum Gasteiger partial charge on any atom is 0.227 e. The van der Waals surface area contributed by atoms with E-state index >= 15 is 0 Å². The van der Waals surface area contributed by atoms with Crippen molar-refractivity contribution in [2.75, 3.05) is 11.4 Å². The van der Waals surface area contributed by atoms with E-state index in [1.807, 2.05) is 17.0 Å². The zero-order valence-corrected chi connectivity index (χ0v) is 17.6. The molecular weight excluding hydrogens is 358 g/mol. The van der Waals surface area contributed by atoms with Crippen LogP contribution in [0.3, 0.4) is 0 Å². The number of amides is 1. The molecule has 0 saturated carbocycles. The van der Waals surface area contributed by atoms with Gasteiger partial charge in [0.05, 0.1) is 11.0 Å². The van der Waals surface area contributed by atoms with Crippen molar-refractivity contribution in [3.63, 3.8) is 0 Å². The van der Waals surface area contributed by atoms with Crippen molar-refractivity contribution in [2.24, 2.45) is 0 Å². The number of para-hydroxylation sites is 3. The zero-order chi connectivity index (χ0) is 20.2. The van der Waals surface area contributed by atoms with Crippen LogP contribution in [0.1, 0.15) is 63.3 Å². The van der Waals surface area contributed by atoms with E-state index in [0.717, 1.165) is 36.4 Å². The topological polar surface area (TPSA) is 38.1 Å². The van der Waals surface area contributed by atoms with Crippen molar-refractivity contribution in [1.29, 1.82) is 0 Å². The van der Waals surface area contributed by atoms with Crippen LogP contribution in [0.2, 0.25) is 0 Å². The van der Waals surface area contributed by atoms with Gasteiger partial charge in [0.15, 0.2) is 0 Å². The van der Waals surface area contributed by atoms with Gasteiger partial charge in [-0.3, -0.25) is 4.79 Å². The van der Waals surface area contributed by atoms with Crippen LogP contribution < -0.4 is 4.90 Å². The molecule has 4 heteroatoms. The van der Waals surface area contributed by atoms with Crippen LogP contribution in [0.4, 0.5) is 5.69 Å². The lowest BCUT2D eigenvalue weighted by atomic mass is 10.1. The van der Waals surface area contributed by atoms with E-state index in [-0.39, 0.29) is 11.8 Å². The molecule has 0 spiro atoms. The fourth-order valence-electron chi connectivity index (χ4n) is 4.52. The fraction of sp³-hybridized carbons (Fsp3) is 0.440. The molecule has 1 aliphatic rings. The number of aryl methyl sites for hydroxylation is 2. The van der Waals surface area contributed by atoms with Crippen LogP contribution in [-0.2, 0) is 17.8 Å². The number of carbonyl (C=O) groups excluding carboxylic acids is 1. The van der Waals surface area contributed by atoms with Crippen LogP contribution in [0.15, 0.2) is 48.5 Å². The molecule has 152 valence electrons. The number of aromatic nitrogens is 2. The summed E-state index contributed by atoms with van der Waals surface area (Å²) < 4.78 is 2.37. The maximum absolute atomic E-state index is 12.9. The smallest absolute Gasteiger partial charge is 0.227 e. The highest BCUT2D eigenvalue weighted by Gasteiger charge is 2.35. The third-order valence-electron chi connectivity index (χ3n) is 6.07. The van der Waals surface area contributed by atoms with Gasteiger partial charge < -0.3 is 9.47 Å². The minimum absolute atomic E-state index is 0.144. The van der Waals surface area contributed by atoms with Gasteiger partial charge in [0.2, 0.25) is 5.91 Å². The Bertz CT molecular complexity index is 991. The first-order valence-electron chi connectivity index (χ1n) is 11.1. The number of carbonyl (C=O) groups is 1. The van der Waals surface area contributed by atoms with Crippen molar-refractivity contribution in [2.45, 2.75) is 64.8 Å². The molecule has 1 fully saturated rings. The molecule has 1 amide bonds. The molecule has 1 saturated heterocycles. The fourth-order valence-corrected chi connectivity index (χ4v) is 4.52. The molecule has 2 heterocycles. The van der Waals surface area contributed by atoms with Crippen molar-refractivity contribution >= 4 is 22.6 Å². The van der Waals surface area contributed by atoms with Gasteiger partial charge in [0.1, 0.15) is 5.82 Å². The average molecular weight is 390 g/mol. The summed E-state index contributed by atoms with van der Waals surface area (Å²) in [5.74, 6) is 1.43. The second-order valence-electron chi connectivity index (χ2n) is 8.06. The minimum Gasteiger partial charge on any atom is -0.328 e. The van der Waals surface area contributed by atoms with E-state index in [2.05, 4.69) is 54.8 Å². The molecule has 0 N–H and O–H groups in total. The average Bonchev–Trinajstić information content (AvgIpc) is 3.31. The summed E-state index contributed by atoms with van der Waals surface area (Å²) >= 11 is 0. The summed E-state index contributed by atoms with van der Waals surface area (Å²) in [6.45, 7) is 6.08. The molecule has 2 aromatic carbocycles. The molecule has 3 aromatic rings. The van der Waals surface area contributed by atoms with Crippen molar-refractivity contribution < 1.29 is 4.79 Å². The van der Waals surface area contributed by atoms with Gasteiger partial charge in [-0.2, -0.15) is 0 Å². The first-order valence-corrected chi connectivity index (χ1v) is 11.1. The molecule has 1 atom stereocenters. The Morgan fingerprint density at radius 1 is 1.00 bits per heavy atom. The number of fused-ring (bicyclic) bond motifs is 1. The highest BCUT2D eigenvalue weighted by Crippen LogP contribution is 2.34. The Morgan fingerprint density at radius 2 is 1.79 bits per heavy atom. The second kappa shape index (κ2) is 8.81. The molecule has 0 bridgehead atoms. The largest absolute Gasteiger partial charge is 0.328 e. The summed E-state index contributed by atoms with van der Waals surface area (Å²) in [5.41, 5.74) is 4.53. The lowest BCUT2D eigenvalue weighted by molar-refractivity contribution is -0.117. The van der Waals surface area contributed by atoms with E-state index < -0.39 is 0 Å². The van der Waals surface area contributed by atoms with Crippen LogP contribution in [0, 0.1) is 0 Å². The standard InChI is InChI=1S/C25H31N3O/c1-3-5-6-11-16-27-23-15-10-8-13-21(23)26-25(27)20-17-24(29)28(18-20)22-14-9-7-12-19(22)4-2/h7-10,12-15,20H,3-6,11,16-18H2,1-2H3. The summed E-state index contributed by atoms with van der Waals surface area (Å²) in [6, 6.07) is 16.7. The SMILES string of the molecule is CCCCCCn1c(C2CC(=O)N(c3ccccc3CC)C2)nc2ccccc21. The van der Waals surface area contributed by atoms with Crippen molar-refractivity contribution in [3.8, 4) is 0 Å². The number of nitrogens with zero attached hydrogens (tertiary/aromatic N) is 3. The second-order valence-corrected chi connectivity index (χ2v) is 8.06. The van der Waals surface area contributed by atoms with E-state index in [1.54, 1.807) is 0 Å². The monoisotopic (exact) mass is 389 g/mol. The molecule has 0 aliphatic carbocycles. The predicted molar refractivity (Wildman–Crippen MR) is 119 cm³/mol. The number of unbranched alkanes of at least 4 members (excludes halogenated alkanes) is 3. The summed E-state index contributed by atoms with van der Waals surface area (Å²) in [5, 5.41) is 0. The van der Waals surface area contributed by atoms with Gasteiger partial charge in [0.25, 0.3) is 0 Å². The van der Waals surface area contributed by atoms with Crippen molar-refractivity contribution in [1.82, 2.24) is 9.55 Å². The van der Waals surface area contributed by atoms with Gasteiger partial charge >= 0.3 is 0 Å². The third-order valence-corrected chi connectivity index (χ3v) is 6.07. The number of anilines is 1.